The molecule has 7 atom stereocenters. The molecule has 0 saturated carbocycles. The quantitative estimate of drug-likeness (QED) is 0.0267. The molecule has 6 N–H and O–H groups in total. The van der Waals surface area contributed by atoms with E-state index in [-0.39, 0.29) is 18.9 Å². The minimum atomic E-state index is -1.59. The van der Waals surface area contributed by atoms with Gasteiger partial charge in [0.2, 0.25) is 5.91 Å². The molecule has 0 bridgehead atoms. The first-order chi connectivity index (χ1) is 31.3. The molecule has 9 heteroatoms. The van der Waals surface area contributed by atoms with E-state index in [9.17, 15) is 30.3 Å². The number of carbonyl (C=O) groups excluding carboxylic acids is 1. The number of amides is 1. The van der Waals surface area contributed by atoms with Crippen LogP contribution in [0.15, 0.2) is 146 Å². The number of aliphatic hydroxyl groups is 5. The van der Waals surface area contributed by atoms with E-state index >= 15 is 0 Å². The summed E-state index contributed by atoms with van der Waals surface area (Å²) in [6.45, 7) is 3.45. The van der Waals surface area contributed by atoms with Crippen molar-refractivity contribution in [3.8, 4) is 0 Å². The van der Waals surface area contributed by atoms with Gasteiger partial charge in [0.05, 0.1) is 25.4 Å². The summed E-state index contributed by atoms with van der Waals surface area (Å²) < 4.78 is 11.1. The lowest BCUT2D eigenvalue weighted by Crippen LogP contribution is -2.60. The SMILES string of the molecule is CC/C=C\C/C=C\C/C=C\C/C=C\C/C=C\C/C=C\C/C=C\C/C=C\C/C=C\CCCCCC(=O)NC(COC1OC(CO)C(O)C(O)C1O)C(O)/C=C/CC/C=C/CC/C=C/CC. The summed E-state index contributed by atoms with van der Waals surface area (Å²) in [6.07, 6.45) is 60.6. The van der Waals surface area contributed by atoms with Crippen molar-refractivity contribution in [1.82, 2.24) is 5.32 Å². The first-order valence-corrected chi connectivity index (χ1v) is 24.1. The summed E-state index contributed by atoms with van der Waals surface area (Å²) in [7, 11) is 0. The van der Waals surface area contributed by atoms with Gasteiger partial charge < -0.3 is 40.3 Å². The molecule has 0 radical (unpaired) electrons. The van der Waals surface area contributed by atoms with Crippen molar-refractivity contribution in [2.45, 2.75) is 179 Å². The Hall–Kier alpha value is -3.93. The Bertz CT molecular complexity index is 1500. The maximum Gasteiger partial charge on any atom is 0.220 e. The molecule has 1 aliphatic rings. The fraction of sp³-hybridized carbons (Fsp3) is 0.545. The molecular weight excluding hydrogens is 803 g/mol. The lowest BCUT2D eigenvalue weighted by molar-refractivity contribution is -0.302. The smallest absolute Gasteiger partial charge is 0.220 e. The van der Waals surface area contributed by atoms with E-state index < -0.39 is 49.5 Å². The van der Waals surface area contributed by atoms with Crippen LogP contribution in [0.5, 0.6) is 0 Å². The zero-order valence-corrected chi connectivity index (χ0v) is 39.2. The minimum Gasteiger partial charge on any atom is -0.394 e. The van der Waals surface area contributed by atoms with Gasteiger partial charge >= 0.3 is 0 Å². The van der Waals surface area contributed by atoms with Crippen molar-refractivity contribution in [3.63, 3.8) is 0 Å². The highest BCUT2D eigenvalue weighted by molar-refractivity contribution is 5.76. The first-order valence-electron chi connectivity index (χ1n) is 24.1. The molecule has 1 aliphatic heterocycles. The monoisotopic (exact) mass is 888 g/mol. The highest BCUT2D eigenvalue weighted by Gasteiger charge is 2.44. The number of nitrogens with one attached hydrogen (secondary N) is 1. The van der Waals surface area contributed by atoms with E-state index in [1.54, 1.807) is 6.08 Å². The number of hydrogen-bond donors (Lipinski definition) is 6. The molecule has 9 nitrogen and oxygen atoms in total. The van der Waals surface area contributed by atoms with Crippen LogP contribution >= 0.6 is 0 Å². The zero-order chi connectivity index (χ0) is 46.6. The fourth-order valence-electron chi connectivity index (χ4n) is 6.36. The second-order valence-corrected chi connectivity index (χ2v) is 15.8. The van der Waals surface area contributed by atoms with Gasteiger partial charge in [-0.1, -0.05) is 166 Å². The Morgan fingerprint density at radius 1 is 0.531 bits per heavy atom. The van der Waals surface area contributed by atoms with Crippen LogP contribution in [-0.4, -0.2) is 87.5 Å². The van der Waals surface area contributed by atoms with Crippen LogP contribution in [-0.2, 0) is 14.3 Å². The molecule has 0 aromatic carbocycles. The van der Waals surface area contributed by atoms with Crippen molar-refractivity contribution < 1.29 is 39.8 Å². The van der Waals surface area contributed by atoms with Crippen molar-refractivity contribution in [1.29, 1.82) is 0 Å². The summed E-state index contributed by atoms with van der Waals surface area (Å²) in [5, 5.41) is 54.0. The van der Waals surface area contributed by atoms with E-state index in [0.717, 1.165) is 103 Å². The van der Waals surface area contributed by atoms with Crippen LogP contribution in [0.25, 0.3) is 0 Å². The summed E-state index contributed by atoms with van der Waals surface area (Å²) in [5.74, 6) is -0.234. The van der Waals surface area contributed by atoms with Gasteiger partial charge in [-0.3, -0.25) is 4.79 Å². The van der Waals surface area contributed by atoms with E-state index in [2.05, 4.69) is 153 Å². The van der Waals surface area contributed by atoms with Gasteiger partial charge in [-0.05, 0) is 109 Å². The molecule has 0 spiro atoms. The number of aliphatic hydroxyl groups excluding tert-OH is 5. The second-order valence-electron chi connectivity index (χ2n) is 15.8. The maximum absolute atomic E-state index is 12.9. The van der Waals surface area contributed by atoms with Gasteiger partial charge in [-0.15, -0.1) is 0 Å². The van der Waals surface area contributed by atoms with Gasteiger partial charge in [0, 0.05) is 6.42 Å². The number of allylic oxidation sites excluding steroid dienone is 23. The van der Waals surface area contributed by atoms with Gasteiger partial charge in [0.25, 0.3) is 0 Å². The average Bonchev–Trinajstić information content (AvgIpc) is 3.29. The maximum atomic E-state index is 12.9. The van der Waals surface area contributed by atoms with Crippen LogP contribution in [0, 0.1) is 0 Å². The largest absolute Gasteiger partial charge is 0.394 e. The van der Waals surface area contributed by atoms with Crippen LogP contribution in [0.2, 0.25) is 0 Å². The predicted molar refractivity (Wildman–Crippen MR) is 266 cm³/mol. The van der Waals surface area contributed by atoms with Crippen LogP contribution < -0.4 is 5.32 Å². The molecule has 1 fully saturated rings. The van der Waals surface area contributed by atoms with Crippen LogP contribution in [0.4, 0.5) is 0 Å². The minimum absolute atomic E-state index is 0.231. The second kappa shape index (κ2) is 43.0. The number of hydrogen-bond acceptors (Lipinski definition) is 8. The van der Waals surface area contributed by atoms with E-state index in [0.29, 0.717) is 12.8 Å². The van der Waals surface area contributed by atoms with Gasteiger partial charge in [0.1, 0.15) is 24.4 Å². The van der Waals surface area contributed by atoms with E-state index in [1.165, 1.54) is 0 Å². The number of ether oxygens (including phenoxy) is 2. The number of rotatable bonds is 37. The van der Waals surface area contributed by atoms with Gasteiger partial charge in [0.15, 0.2) is 6.29 Å². The molecule has 1 rings (SSSR count). The van der Waals surface area contributed by atoms with Crippen molar-refractivity contribution in [3.05, 3.63) is 146 Å². The third-order valence-corrected chi connectivity index (χ3v) is 10.1. The highest BCUT2D eigenvalue weighted by Crippen LogP contribution is 2.22. The molecule has 0 aromatic heterocycles. The third-order valence-electron chi connectivity index (χ3n) is 10.1. The van der Waals surface area contributed by atoms with Crippen molar-refractivity contribution >= 4 is 5.91 Å². The Morgan fingerprint density at radius 2 is 0.938 bits per heavy atom. The summed E-state index contributed by atoms with van der Waals surface area (Å²) >= 11 is 0. The standard InChI is InChI=1S/C55H85NO8/c1-3-5-7-9-11-13-15-16-17-18-19-20-21-22-23-24-25-26-27-28-29-30-31-32-33-34-35-37-39-41-43-45-51(59)56-48(47-63-55-54(62)53(61)52(60)50(46-57)64-55)49(58)44-42-40-38-36-14-12-10-8-6-4-2/h5-8,11,13-14,16-17,19-20,22-23,25-26,28-29,31-32,34-36,42,44,48-50,52-55,57-58,60-62H,3-4,9-10,12,15,18,21,24,27,30,33,37-41,43,45-47H2,1-2H3,(H,56,59)/b7-5-,8-6+,13-11-,17-16-,20-19-,23-22-,26-25-,29-28-,32-31-,35-34-,36-14+,44-42+. The first kappa shape index (κ1) is 58.1. The molecule has 1 amide bonds. The van der Waals surface area contributed by atoms with E-state index in [4.69, 9.17) is 9.47 Å². The van der Waals surface area contributed by atoms with Gasteiger partial charge in [-0.25, -0.2) is 0 Å². The lowest BCUT2D eigenvalue weighted by Gasteiger charge is -2.40. The van der Waals surface area contributed by atoms with Gasteiger partial charge in [-0.2, -0.15) is 0 Å². The summed E-state index contributed by atoms with van der Waals surface area (Å²) in [6, 6.07) is -0.855. The van der Waals surface area contributed by atoms with Crippen LogP contribution in [0.3, 0.4) is 0 Å². The molecule has 0 aromatic rings. The van der Waals surface area contributed by atoms with Crippen LogP contribution in [0.1, 0.15) is 136 Å². The number of unbranched alkanes of at least 4 members (excludes halogenated alkanes) is 5. The Labute approximate surface area is 387 Å². The Kier molecular flexibility index (Phi) is 39.0. The summed E-state index contributed by atoms with van der Waals surface area (Å²) in [5.41, 5.74) is 0. The summed E-state index contributed by atoms with van der Waals surface area (Å²) in [4.78, 5) is 12.9. The van der Waals surface area contributed by atoms with Crippen molar-refractivity contribution in [2.75, 3.05) is 13.2 Å². The third kappa shape index (κ3) is 32.7. The Balaban J connectivity index is 2.29. The topological polar surface area (TPSA) is 149 Å². The molecule has 0 aliphatic carbocycles. The molecule has 358 valence electrons. The van der Waals surface area contributed by atoms with Crippen molar-refractivity contribution in [2.24, 2.45) is 0 Å². The molecule has 7 unspecified atom stereocenters. The normalized spacial score (nSPS) is 21.4. The lowest BCUT2D eigenvalue weighted by atomic mass is 9.99. The molecule has 64 heavy (non-hydrogen) atoms. The number of carbonyl (C=O) groups is 1. The average molecular weight is 888 g/mol. The molecule has 1 saturated heterocycles. The predicted octanol–water partition coefficient (Wildman–Crippen LogP) is 10.8. The fourth-order valence-corrected chi connectivity index (χ4v) is 6.36. The zero-order valence-electron chi connectivity index (χ0n) is 39.2. The Morgan fingerprint density at radius 3 is 1.41 bits per heavy atom. The molecule has 1 heterocycles. The highest BCUT2D eigenvalue weighted by atomic mass is 16.7. The van der Waals surface area contributed by atoms with E-state index in [1.807, 2.05) is 6.08 Å². The molecular formula is C55H85NO8.